The monoisotopic (exact) mass is 212 g/mol. The molecule has 1 aromatic heterocycles. The van der Waals surface area contributed by atoms with Gasteiger partial charge in [0.2, 0.25) is 0 Å². The summed E-state index contributed by atoms with van der Waals surface area (Å²) in [5, 5.41) is 4.55. The van der Waals surface area contributed by atoms with Gasteiger partial charge >= 0.3 is 0 Å². The number of carbonyl (C=O) groups excluding carboxylic acids is 1. The van der Waals surface area contributed by atoms with Crippen LogP contribution in [0.5, 0.6) is 0 Å². The van der Waals surface area contributed by atoms with E-state index < -0.39 is 0 Å². The number of rotatable bonds is 3. The average molecular weight is 212 g/mol. The molecule has 2 heterocycles. The van der Waals surface area contributed by atoms with E-state index in [1.165, 1.54) is 11.3 Å². The molecule has 0 saturated carbocycles. The highest BCUT2D eigenvalue weighted by Crippen LogP contribution is 2.10. The molecule has 1 fully saturated rings. The molecule has 1 aromatic rings. The molecule has 0 aliphatic carbocycles. The molecule has 14 heavy (non-hydrogen) atoms. The smallest absolute Gasteiger partial charge is 0.270 e. The fraction of sp³-hybridized carbons (Fsp3) is 0.556. The highest BCUT2D eigenvalue weighted by Gasteiger charge is 2.16. The van der Waals surface area contributed by atoms with E-state index in [2.05, 4.69) is 10.3 Å². The summed E-state index contributed by atoms with van der Waals surface area (Å²) in [5.41, 5.74) is 2.15. The van der Waals surface area contributed by atoms with E-state index in [0.29, 0.717) is 12.2 Å². The van der Waals surface area contributed by atoms with Crippen LogP contribution >= 0.6 is 11.3 Å². The van der Waals surface area contributed by atoms with Gasteiger partial charge in [-0.1, -0.05) is 0 Å². The third kappa shape index (κ3) is 2.30. The third-order valence-corrected chi connectivity index (χ3v) is 2.77. The van der Waals surface area contributed by atoms with E-state index in [4.69, 9.17) is 4.74 Å². The van der Waals surface area contributed by atoms with Gasteiger partial charge in [0.15, 0.2) is 0 Å². The summed E-state index contributed by atoms with van der Waals surface area (Å²) in [6, 6.07) is 0. The van der Waals surface area contributed by atoms with Gasteiger partial charge in [-0.05, 0) is 12.8 Å². The minimum Gasteiger partial charge on any atom is -0.376 e. The van der Waals surface area contributed by atoms with Crippen LogP contribution in [-0.2, 0) is 4.74 Å². The molecule has 5 heteroatoms. The highest BCUT2D eigenvalue weighted by atomic mass is 32.1. The topological polar surface area (TPSA) is 51.2 Å². The molecule has 1 saturated heterocycles. The van der Waals surface area contributed by atoms with E-state index in [-0.39, 0.29) is 12.0 Å². The molecule has 0 unspecified atom stereocenters. The van der Waals surface area contributed by atoms with E-state index in [9.17, 15) is 4.79 Å². The molecular weight excluding hydrogens is 200 g/mol. The van der Waals surface area contributed by atoms with Crippen LogP contribution in [-0.4, -0.2) is 30.1 Å². The maximum Gasteiger partial charge on any atom is 0.270 e. The van der Waals surface area contributed by atoms with Gasteiger partial charge in [-0.2, -0.15) is 0 Å². The van der Waals surface area contributed by atoms with Crippen molar-refractivity contribution in [3.63, 3.8) is 0 Å². The Labute approximate surface area is 86.3 Å². The van der Waals surface area contributed by atoms with Gasteiger partial charge in [-0.15, -0.1) is 11.3 Å². The Morgan fingerprint density at radius 2 is 2.71 bits per heavy atom. The first-order chi connectivity index (χ1) is 6.86. The van der Waals surface area contributed by atoms with Crippen LogP contribution in [0, 0.1) is 0 Å². The van der Waals surface area contributed by atoms with Crippen molar-refractivity contribution in [2.24, 2.45) is 0 Å². The van der Waals surface area contributed by atoms with Crippen LogP contribution in [0.15, 0.2) is 10.9 Å². The average Bonchev–Trinajstić information content (AvgIpc) is 2.87. The molecule has 2 rings (SSSR count). The molecule has 0 spiro atoms. The lowest BCUT2D eigenvalue weighted by molar-refractivity contribution is 0.0854. The summed E-state index contributed by atoms with van der Waals surface area (Å²) >= 11 is 1.42. The lowest BCUT2D eigenvalue weighted by atomic mass is 10.2. The first kappa shape index (κ1) is 9.61. The molecule has 1 aliphatic rings. The number of hydrogen-bond acceptors (Lipinski definition) is 4. The number of nitrogens with one attached hydrogen (secondary N) is 1. The van der Waals surface area contributed by atoms with Crippen molar-refractivity contribution in [2.75, 3.05) is 13.2 Å². The van der Waals surface area contributed by atoms with Crippen molar-refractivity contribution in [3.05, 3.63) is 16.6 Å². The Hall–Kier alpha value is -0.940. The Kier molecular flexibility index (Phi) is 3.10. The van der Waals surface area contributed by atoms with Crippen molar-refractivity contribution in [1.29, 1.82) is 0 Å². The van der Waals surface area contributed by atoms with Gasteiger partial charge < -0.3 is 10.1 Å². The second kappa shape index (κ2) is 4.52. The quantitative estimate of drug-likeness (QED) is 0.814. The molecular formula is C9H12N2O2S. The minimum absolute atomic E-state index is 0.109. The summed E-state index contributed by atoms with van der Waals surface area (Å²) < 4.78 is 5.39. The van der Waals surface area contributed by atoms with Crippen molar-refractivity contribution in [1.82, 2.24) is 10.3 Å². The molecule has 1 amide bonds. The van der Waals surface area contributed by atoms with E-state index >= 15 is 0 Å². The van der Waals surface area contributed by atoms with Crippen LogP contribution in [0.1, 0.15) is 23.3 Å². The van der Waals surface area contributed by atoms with Crippen LogP contribution < -0.4 is 5.32 Å². The van der Waals surface area contributed by atoms with Gasteiger partial charge in [0.1, 0.15) is 5.69 Å². The number of carbonyl (C=O) groups is 1. The zero-order valence-corrected chi connectivity index (χ0v) is 8.55. The Balaban J connectivity index is 1.78. The van der Waals surface area contributed by atoms with Crippen LogP contribution in [0.3, 0.4) is 0 Å². The van der Waals surface area contributed by atoms with Gasteiger partial charge in [-0.25, -0.2) is 4.98 Å². The summed E-state index contributed by atoms with van der Waals surface area (Å²) in [7, 11) is 0. The highest BCUT2D eigenvalue weighted by molar-refractivity contribution is 7.07. The first-order valence-electron chi connectivity index (χ1n) is 4.64. The minimum atomic E-state index is -0.109. The van der Waals surface area contributed by atoms with Gasteiger partial charge in [0.05, 0.1) is 11.6 Å². The largest absolute Gasteiger partial charge is 0.376 e. The predicted octanol–water partition coefficient (Wildman–Crippen LogP) is 1.05. The SMILES string of the molecule is O=C(NC[C@@H]1CCCO1)c1cscn1. The number of nitrogens with zero attached hydrogens (tertiary/aromatic N) is 1. The molecule has 0 bridgehead atoms. The van der Waals surface area contributed by atoms with Crippen molar-refractivity contribution in [3.8, 4) is 0 Å². The lowest BCUT2D eigenvalue weighted by Crippen LogP contribution is -2.31. The van der Waals surface area contributed by atoms with Crippen LogP contribution in [0.4, 0.5) is 0 Å². The maximum atomic E-state index is 11.4. The molecule has 4 nitrogen and oxygen atoms in total. The number of amides is 1. The van der Waals surface area contributed by atoms with Crippen LogP contribution in [0.2, 0.25) is 0 Å². The molecule has 76 valence electrons. The zero-order valence-electron chi connectivity index (χ0n) is 7.73. The van der Waals surface area contributed by atoms with Crippen molar-refractivity contribution >= 4 is 17.2 Å². The fourth-order valence-electron chi connectivity index (χ4n) is 1.43. The molecule has 0 radical (unpaired) electrons. The van der Waals surface area contributed by atoms with E-state index in [0.717, 1.165) is 19.4 Å². The van der Waals surface area contributed by atoms with Gasteiger partial charge in [-0.3, -0.25) is 4.79 Å². The molecule has 1 atom stereocenters. The van der Waals surface area contributed by atoms with E-state index in [1.807, 2.05) is 0 Å². The predicted molar refractivity (Wildman–Crippen MR) is 53.4 cm³/mol. The summed E-state index contributed by atoms with van der Waals surface area (Å²) in [5.74, 6) is -0.109. The van der Waals surface area contributed by atoms with Crippen molar-refractivity contribution < 1.29 is 9.53 Å². The Morgan fingerprint density at radius 3 is 3.36 bits per heavy atom. The Morgan fingerprint density at radius 1 is 1.79 bits per heavy atom. The van der Waals surface area contributed by atoms with Crippen molar-refractivity contribution in [2.45, 2.75) is 18.9 Å². The second-order valence-corrected chi connectivity index (χ2v) is 3.94. The third-order valence-electron chi connectivity index (χ3n) is 2.18. The van der Waals surface area contributed by atoms with E-state index in [1.54, 1.807) is 10.9 Å². The summed E-state index contributed by atoms with van der Waals surface area (Å²) in [6.07, 6.45) is 2.33. The van der Waals surface area contributed by atoms with Gasteiger partial charge in [0.25, 0.3) is 5.91 Å². The number of thiazole rings is 1. The second-order valence-electron chi connectivity index (χ2n) is 3.22. The Bertz CT molecular complexity index is 294. The first-order valence-corrected chi connectivity index (χ1v) is 5.58. The fourth-order valence-corrected chi connectivity index (χ4v) is 1.96. The zero-order chi connectivity index (χ0) is 9.80. The normalized spacial score (nSPS) is 21.0. The standard InChI is InChI=1S/C9H12N2O2S/c12-9(8-5-14-6-11-8)10-4-7-2-1-3-13-7/h5-7H,1-4H2,(H,10,12)/t7-/m0/s1. The molecule has 0 aromatic carbocycles. The maximum absolute atomic E-state index is 11.4. The number of aromatic nitrogens is 1. The lowest BCUT2D eigenvalue weighted by Gasteiger charge is -2.09. The van der Waals surface area contributed by atoms with Gasteiger partial charge in [0, 0.05) is 18.5 Å². The molecule has 1 N–H and O–H groups in total. The van der Waals surface area contributed by atoms with Crippen LogP contribution in [0.25, 0.3) is 0 Å². The summed E-state index contributed by atoms with van der Waals surface area (Å²) in [6.45, 7) is 1.41. The molecule has 1 aliphatic heterocycles. The summed E-state index contributed by atoms with van der Waals surface area (Å²) in [4.78, 5) is 15.4. The number of hydrogen-bond donors (Lipinski definition) is 1. The number of ether oxygens (including phenoxy) is 1.